The molecule has 13 heteroatoms. The Labute approximate surface area is 193 Å². The van der Waals surface area contributed by atoms with E-state index in [4.69, 9.17) is 9.88 Å². The maximum absolute atomic E-state index is 12.2. The summed E-state index contributed by atoms with van der Waals surface area (Å²) in [6, 6.07) is 7.50. The number of carbonyl (C=O) groups excluding carboxylic acids is 1. The van der Waals surface area contributed by atoms with E-state index in [1.165, 1.54) is 0 Å². The van der Waals surface area contributed by atoms with Gasteiger partial charge in [0.1, 0.15) is 6.10 Å². The van der Waals surface area contributed by atoms with E-state index in [-0.39, 0.29) is 5.92 Å². The Morgan fingerprint density at radius 3 is 2.33 bits per heavy atom. The van der Waals surface area contributed by atoms with Crippen LogP contribution >= 0.6 is 11.9 Å². The quantitative estimate of drug-likeness (QED) is 0.195. The first-order valence-corrected chi connectivity index (χ1v) is 11.1. The molecule has 0 radical (unpaired) electrons. The summed E-state index contributed by atoms with van der Waals surface area (Å²) in [6.45, 7) is 0. The molecule has 33 heavy (non-hydrogen) atoms. The van der Waals surface area contributed by atoms with E-state index in [2.05, 4.69) is 15.3 Å². The Morgan fingerprint density at radius 2 is 1.79 bits per heavy atom. The first kappa shape index (κ1) is 23.6. The highest BCUT2D eigenvalue weighted by Crippen LogP contribution is 2.51. The van der Waals surface area contributed by atoms with Gasteiger partial charge in [-0.25, -0.2) is 14.8 Å². The first-order chi connectivity index (χ1) is 15.5. The minimum absolute atomic E-state index is 0.0509. The highest BCUT2D eigenvalue weighted by atomic mass is 32.2. The predicted molar refractivity (Wildman–Crippen MR) is 116 cm³/mol. The molecule has 178 valence electrons. The number of rotatable bonds is 7. The molecule has 9 N–H and O–H groups in total. The van der Waals surface area contributed by atoms with Crippen LogP contribution in [-0.2, 0) is 4.74 Å². The van der Waals surface area contributed by atoms with Crippen LogP contribution < -0.4 is 15.8 Å². The van der Waals surface area contributed by atoms with E-state index in [0.29, 0.717) is 25.2 Å². The van der Waals surface area contributed by atoms with E-state index in [1.54, 1.807) is 12.4 Å². The van der Waals surface area contributed by atoms with Crippen molar-refractivity contribution in [1.82, 2.24) is 15.3 Å². The van der Waals surface area contributed by atoms with Gasteiger partial charge in [0.25, 0.3) is 0 Å². The lowest BCUT2D eigenvalue weighted by atomic mass is 10.0. The van der Waals surface area contributed by atoms with Crippen LogP contribution in [0.3, 0.4) is 0 Å². The van der Waals surface area contributed by atoms with Gasteiger partial charge in [-0.05, 0) is 67.0 Å². The maximum Gasteiger partial charge on any atom is 0.408 e. The molecule has 2 saturated carbocycles. The monoisotopic (exact) mass is 479 g/mol. The van der Waals surface area contributed by atoms with Gasteiger partial charge in [-0.2, -0.15) is 0 Å². The molecule has 0 bridgehead atoms. The number of nitrogens with one attached hydrogen (secondary N) is 2. The molecule has 2 aliphatic carbocycles. The third-order valence-electron chi connectivity index (χ3n) is 6.01. The summed E-state index contributed by atoms with van der Waals surface area (Å²) in [5.41, 5.74) is -0.734. The zero-order valence-electron chi connectivity index (χ0n) is 17.4. The third-order valence-corrected chi connectivity index (χ3v) is 6.55. The number of aliphatic hydroxyl groups is 5. The summed E-state index contributed by atoms with van der Waals surface area (Å²) in [4.78, 5) is 21.8. The molecular formula is C20H25N5O7S. The van der Waals surface area contributed by atoms with Crippen molar-refractivity contribution < 1.29 is 35.1 Å². The van der Waals surface area contributed by atoms with Crippen molar-refractivity contribution in [3.8, 4) is 0 Å². The fourth-order valence-electron chi connectivity index (χ4n) is 4.01. The van der Waals surface area contributed by atoms with Gasteiger partial charge in [-0.3, -0.25) is 5.14 Å². The number of ether oxygens (including phenoxy) is 1. The second-order valence-electron chi connectivity index (χ2n) is 8.30. The van der Waals surface area contributed by atoms with Gasteiger partial charge >= 0.3 is 12.1 Å². The Balaban J connectivity index is 1.30. The Morgan fingerprint density at radius 1 is 1.15 bits per heavy atom. The van der Waals surface area contributed by atoms with Crippen LogP contribution in [0.1, 0.15) is 37.2 Å². The summed E-state index contributed by atoms with van der Waals surface area (Å²) < 4.78 is 5.28. The van der Waals surface area contributed by atoms with Crippen LogP contribution in [0.15, 0.2) is 41.6 Å². The summed E-state index contributed by atoms with van der Waals surface area (Å²) in [5, 5.41) is 57.9. The zero-order chi connectivity index (χ0) is 23.9. The van der Waals surface area contributed by atoms with Crippen molar-refractivity contribution in [1.29, 1.82) is 0 Å². The number of hydrogen-bond acceptors (Lipinski definition) is 12. The first-order valence-electron chi connectivity index (χ1n) is 10.2. The van der Waals surface area contributed by atoms with Gasteiger partial charge < -0.3 is 40.9 Å². The van der Waals surface area contributed by atoms with Gasteiger partial charge in [-0.1, -0.05) is 0 Å². The van der Waals surface area contributed by atoms with Crippen LogP contribution in [0.25, 0.3) is 0 Å². The van der Waals surface area contributed by atoms with E-state index in [1.807, 2.05) is 29.6 Å². The number of alkyl carbamates (subject to hydrolysis) is 1. The van der Waals surface area contributed by atoms with Crippen molar-refractivity contribution in [2.75, 3.05) is 5.32 Å². The molecule has 1 aromatic heterocycles. The summed E-state index contributed by atoms with van der Waals surface area (Å²) in [7, 11) is 0. The molecular weight excluding hydrogens is 454 g/mol. The largest absolute Gasteiger partial charge is 0.446 e. The van der Waals surface area contributed by atoms with Gasteiger partial charge in [0.2, 0.25) is 5.95 Å². The zero-order valence-corrected chi connectivity index (χ0v) is 18.2. The number of aromatic nitrogens is 2. The highest BCUT2D eigenvalue weighted by molar-refractivity contribution is 7.97. The topological polar surface area (TPSA) is 203 Å². The van der Waals surface area contributed by atoms with Crippen LogP contribution in [0.2, 0.25) is 0 Å². The Hall–Kier alpha value is -2.52. The van der Waals surface area contributed by atoms with Crippen molar-refractivity contribution >= 4 is 29.7 Å². The second kappa shape index (κ2) is 8.68. The molecule has 2 aromatic rings. The molecule has 12 nitrogen and oxygen atoms in total. The fourth-order valence-corrected chi connectivity index (χ4v) is 4.30. The van der Waals surface area contributed by atoms with Gasteiger partial charge in [-0.15, -0.1) is 0 Å². The number of benzene rings is 1. The standard InChI is InChI=1S/C20H25N5O7S/c21-33-15-5-2-13(3-6-15)24-16-22-8-12(9-23-16)11-1-4-14(7-11)32-17(26)25-18(20(29,30)31)10-19(18,27)28/h2-3,5-6,8-9,11,14,27-31H,1,4,7,10,21H2,(H,25,26)(H,22,23,24). The average molecular weight is 480 g/mol. The minimum Gasteiger partial charge on any atom is -0.446 e. The van der Waals surface area contributed by atoms with Gasteiger partial charge in [0.15, 0.2) is 11.3 Å². The number of anilines is 2. The van der Waals surface area contributed by atoms with Crippen LogP contribution in [-0.4, -0.2) is 65.0 Å². The molecule has 1 aromatic carbocycles. The minimum atomic E-state index is -3.52. The average Bonchev–Trinajstić information content (AvgIpc) is 3.08. The van der Waals surface area contributed by atoms with Crippen LogP contribution in [0, 0.1) is 0 Å². The van der Waals surface area contributed by atoms with E-state index in [9.17, 15) is 30.3 Å². The number of amides is 1. The molecule has 2 fully saturated rings. The molecule has 0 aliphatic heterocycles. The van der Waals surface area contributed by atoms with Crippen LogP contribution in [0.5, 0.6) is 0 Å². The lowest BCUT2D eigenvalue weighted by Gasteiger charge is -2.28. The number of carbonyl (C=O) groups is 1. The molecule has 1 amide bonds. The molecule has 3 unspecified atom stereocenters. The summed E-state index contributed by atoms with van der Waals surface area (Å²) in [6.07, 6.45) is 2.90. The normalized spacial score (nSPS) is 26.0. The van der Waals surface area contributed by atoms with E-state index < -0.39 is 35.9 Å². The molecule has 2 aliphatic rings. The SMILES string of the molecule is NSc1ccc(Nc2ncc(C3CCC(OC(=O)NC4(C(O)(O)O)CC4(O)O)C3)cn2)cc1. The summed E-state index contributed by atoms with van der Waals surface area (Å²) >= 11 is 1.16. The van der Waals surface area contributed by atoms with Crippen molar-refractivity contribution in [3.05, 3.63) is 42.2 Å². The molecule has 0 spiro atoms. The van der Waals surface area contributed by atoms with Crippen molar-refractivity contribution in [2.24, 2.45) is 5.14 Å². The molecule has 4 rings (SSSR count). The van der Waals surface area contributed by atoms with Crippen LogP contribution in [0.4, 0.5) is 16.4 Å². The van der Waals surface area contributed by atoms with Gasteiger partial charge in [0, 0.05) is 29.4 Å². The lowest BCUT2D eigenvalue weighted by molar-refractivity contribution is -0.350. The predicted octanol–water partition coefficient (Wildman–Crippen LogP) is 0.00240. The smallest absolute Gasteiger partial charge is 0.408 e. The number of hydrogen-bond donors (Lipinski definition) is 8. The lowest BCUT2D eigenvalue weighted by Crippen LogP contribution is -2.60. The maximum atomic E-state index is 12.2. The Kier molecular flexibility index (Phi) is 6.22. The van der Waals surface area contributed by atoms with Crippen molar-refractivity contribution in [3.63, 3.8) is 0 Å². The molecule has 0 saturated heterocycles. The van der Waals surface area contributed by atoms with Gasteiger partial charge in [0.05, 0.1) is 0 Å². The van der Waals surface area contributed by atoms with E-state index >= 15 is 0 Å². The van der Waals surface area contributed by atoms with Crippen molar-refractivity contribution in [2.45, 2.75) is 59.9 Å². The second-order valence-corrected chi connectivity index (χ2v) is 9.01. The third kappa shape index (κ3) is 4.89. The van der Waals surface area contributed by atoms with E-state index in [0.717, 1.165) is 28.1 Å². The number of nitrogens with two attached hydrogens (primary N) is 1. The number of nitrogens with zero attached hydrogens (tertiary/aromatic N) is 2. The summed E-state index contributed by atoms with van der Waals surface area (Å²) in [5.74, 6) is -5.70. The highest BCUT2D eigenvalue weighted by Gasteiger charge is 2.79. The fraction of sp³-hybridized carbons (Fsp3) is 0.450. The molecule has 1 heterocycles. The Bertz CT molecular complexity index is 999. The molecule has 3 atom stereocenters.